The van der Waals surface area contributed by atoms with Crippen molar-refractivity contribution < 1.29 is 9.59 Å². The largest absolute Gasteiger partial charge is 0.326 e. The maximum atomic E-state index is 12.4. The molecule has 0 fully saturated rings. The molecule has 0 saturated carbocycles. The fourth-order valence-corrected chi connectivity index (χ4v) is 2.33. The number of carbonyl (C=O) groups excluding carboxylic acids is 2. The van der Waals surface area contributed by atoms with Crippen LogP contribution in [0.4, 0.5) is 11.4 Å². The van der Waals surface area contributed by atoms with Crippen molar-refractivity contribution in [2.24, 2.45) is 0 Å². The highest BCUT2D eigenvalue weighted by atomic mass is 16.2. The molecule has 22 heavy (non-hydrogen) atoms. The Hall–Kier alpha value is -2.62. The Kier molecular flexibility index (Phi) is 5.31. The molecule has 2 aromatic rings. The third kappa shape index (κ3) is 4.19. The van der Waals surface area contributed by atoms with Crippen LogP contribution in [0.5, 0.6) is 0 Å². The van der Waals surface area contributed by atoms with Gasteiger partial charge in [0.2, 0.25) is 11.8 Å². The smallest absolute Gasteiger partial charge is 0.231 e. The number of carbonyl (C=O) groups is 2. The van der Waals surface area contributed by atoms with E-state index in [0.29, 0.717) is 11.4 Å². The van der Waals surface area contributed by atoms with E-state index in [0.717, 1.165) is 12.0 Å². The van der Waals surface area contributed by atoms with E-state index >= 15 is 0 Å². The summed E-state index contributed by atoms with van der Waals surface area (Å²) in [5, 5.41) is 5.61. The summed E-state index contributed by atoms with van der Waals surface area (Å²) in [6.45, 7) is 3.46. The number of nitrogens with one attached hydrogen (secondary N) is 2. The highest BCUT2D eigenvalue weighted by Gasteiger charge is 2.18. The number of rotatable bonds is 5. The number of amides is 2. The summed E-state index contributed by atoms with van der Waals surface area (Å²) in [6, 6.07) is 16.8. The van der Waals surface area contributed by atoms with Crippen LogP contribution >= 0.6 is 0 Å². The molecule has 0 spiro atoms. The summed E-state index contributed by atoms with van der Waals surface area (Å²) < 4.78 is 0. The Bertz CT molecular complexity index is 636. The normalized spacial score (nSPS) is 11.5. The minimum Gasteiger partial charge on any atom is -0.326 e. The second-order valence-electron chi connectivity index (χ2n) is 5.12. The lowest BCUT2D eigenvalue weighted by molar-refractivity contribution is -0.117. The Morgan fingerprint density at radius 3 is 1.95 bits per heavy atom. The zero-order valence-electron chi connectivity index (χ0n) is 12.8. The number of hydrogen-bond acceptors (Lipinski definition) is 2. The summed E-state index contributed by atoms with van der Waals surface area (Å²) in [5.41, 5.74) is 2.44. The third-order valence-electron chi connectivity index (χ3n) is 3.40. The molecule has 2 N–H and O–H groups in total. The average molecular weight is 296 g/mol. The van der Waals surface area contributed by atoms with Crippen molar-refractivity contribution >= 4 is 23.2 Å². The van der Waals surface area contributed by atoms with Gasteiger partial charge in [-0.25, -0.2) is 0 Å². The lowest BCUT2D eigenvalue weighted by Crippen LogP contribution is -2.20. The predicted molar refractivity (Wildman–Crippen MR) is 88.8 cm³/mol. The lowest BCUT2D eigenvalue weighted by Gasteiger charge is -2.15. The van der Waals surface area contributed by atoms with Crippen molar-refractivity contribution in [3.05, 3.63) is 60.2 Å². The minimum atomic E-state index is -0.170. The van der Waals surface area contributed by atoms with Gasteiger partial charge in [-0.2, -0.15) is 0 Å². The van der Waals surface area contributed by atoms with Gasteiger partial charge in [0.05, 0.1) is 5.92 Å². The summed E-state index contributed by atoms with van der Waals surface area (Å²) in [6.07, 6.45) is 0.736. The molecule has 0 aliphatic carbocycles. The van der Waals surface area contributed by atoms with E-state index in [2.05, 4.69) is 10.6 Å². The highest BCUT2D eigenvalue weighted by molar-refractivity contribution is 5.96. The van der Waals surface area contributed by atoms with Gasteiger partial charge in [-0.3, -0.25) is 9.59 Å². The molecule has 2 rings (SSSR count). The summed E-state index contributed by atoms with van der Waals surface area (Å²) in [4.78, 5) is 23.4. The Morgan fingerprint density at radius 1 is 0.909 bits per heavy atom. The first-order chi connectivity index (χ1) is 10.6. The third-order valence-corrected chi connectivity index (χ3v) is 3.40. The molecule has 0 unspecified atom stereocenters. The first-order valence-corrected chi connectivity index (χ1v) is 7.33. The van der Waals surface area contributed by atoms with Gasteiger partial charge in [0.25, 0.3) is 0 Å². The van der Waals surface area contributed by atoms with Crippen molar-refractivity contribution in [2.75, 3.05) is 10.6 Å². The molecule has 0 aliphatic heterocycles. The van der Waals surface area contributed by atoms with Crippen molar-refractivity contribution in [3.63, 3.8) is 0 Å². The number of anilines is 2. The second kappa shape index (κ2) is 7.41. The van der Waals surface area contributed by atoms with Crippen LogP contribution in [0.25, 0.3) is 0 Å². The van der Waals surface area contributed by atoms with Crippen LogP contribution in [0.2, 0.25) is 0 Å². The molecule has 0 radical (unpaired) electrons. The van der Waals surface area contributed by atoms with Gasteiger partial charge in [-0.05, 0) is 36.2 Å². The van der Waals surface area contributed by atoms with Crippen molar-refractivity contribution in [2.45, 2.75) is 26.2 Å². The number of hydrogen-bond donors (Lipinski definition) is 2. The first kappa shape index (κ1) is 15.8. The molecule has 1 atom stereocenters. The van der Waals surface area contributed by atoms with Crippen LogP contribution in [0.1, 0.15) is 31.7 Å². The van der Waals surface area contributed by atoms with Crippen LogP contribution in [-0.2, 0) is 9.59 Å². The maximum absolute atomic E-state index is 12.4. The van der Waals surface area contributed by atoms with Crippen LogP contribution in [0.3, 0.4) is 0 Å². The molecule has 0 bridgehead atoms. The van der Waals surface area contributed by atoms with Crippen LogP contribution in [-0.4, -0.2) is 11.8 Å². The first-order valence-electron chi connectivity index (χ1n) is 7.33. The Labute approximate surface area is 130 Å². The van der Waals surface area contributed by atoms with Gasteiger partial charge in [0, 0.05) is 18.3 Å². The van der Waals surface area contributed by atoms with Crippen LogP contribution in [0, 0.1) is 0 Å². The van der Waals surface area contributed by atoms with Gasteiger partial charge in [-0.1, -0.05) is 37.3 Å². The maximum Gasteiger partial charge on any atom is 0.231 e. The summed E-state index contributed by atoms with van der Waals surface area (Å²) in [7, 11) is 0. The molecule has 2 amide bonds. The SMILES string of the molecule is CC[C@@H](C(=O)Nc1ccc(NC(C)=O)cc1)c1ccccc1. The Morgan fingerprint density at radius 2 is 1.45 bits per heavy atom. The van der Waals surface area contributed by atoms with Crippen molar-refractivity contribution in [1.29, 1.82) is 0 Å². The van der Waals surface area contributed by atoms with Gasteiger partial charge in [0.1, 0.15) is 0 Å². The summed E-state index contributed by atoms with van der Waals surface area (Å²) >= 11 is 0. The molecule has 114 valence electrons. The molecule has 4 heteroatoms. The van der Waals surface area contributed by atoms with Gasteiger partial charge < -0.3 is 10.6 Å². The van der Waals surface area contributed by atoms with Gasteiger partial charge in [-0.15, -0.1) is 0 Å². The van der Waals surface area contributed by atoms with E-state index in [1.807, 2.05) is 37.3 Å². The quantitative estimate of drug-likeness (QED) is 0.882. The minimum absolute atomic E-state index is 0.0269. The Balaban J connectivity index is 2.05. The molecule has 0 saturated heterocycles. The number of benzene rings is 2. The standard InChI is InChI=1S/C18H20N2O2/c1-3-17(14-7-5-4-6-8-14)18(22)20-16-11-9-15(10-12-16)19-13(2)21/h4-12,17H,3H2,1-2H3,(H,19,21)(H,20,22)/t17-/m1/s1. The van der Waals surface area contributed by atoms with E-state index in [1.54, 1.807) is 24.3 Å². The zero-order chi connectivity index (χ0) is 15.9. The lowest BCUT2D eigenvalue weighted by atomic mass is 9.95. The molecule has 2 aromatic carbocycles. The molecular formula is C18H20N2O2. The topological polar surface area (TPSA) is 58.2 Å². The van der Waals surface area contributed by atoms with E-state index in [4.69, 9.17) is 0 Å². The molecule has 0 heterocycles. The summed E-state index contributed by atoms with van der Waals surface area (Å²) in [5.74, 6) is -0.316. The van der Waals surface area contributed by atoms with Gasteiger partial charge >= 0.3 is 0 Å². The molecule has 4 nitrogen and oxygen atoms in total. The van der Waals surface area contributed by atoms with Crippen molar-refractivity contribution in [1.82, 2.24) is 0 Å². The van der Waals surface area contributed by atoms with Gasteiger partial charge in [0.15, 0.2) is 0 Å². The van der Waals surface area contributed by atoms with Crippen LogP contribution < -0.4 is 10.6 Å². The fraction of sp³-hybridized carbons (Fsp3) is 0.222. The second-order valence-corrected chi connectivity index (χ2v) is 5.12. The monoisotopic (exact) mass is 296 g/mol. The predicted octanol–water partition coefficient (Wildman–Crippen LogP) is 3.78. The molecule has 0 aliphatic rings. The van der Waals surface area contributed by atoms with Crippen LogP contribution in [0.15, 0.2) is 54.6 Å². The molecular weight excluding hydrogens is 276 g/mol. The zero-order valence-corrected chi connectivity index (χ0v) is 12.8. The average Bonchev–Trinajstić information content (AvgIpc) is 2.50. The van der Waals surface area contributed by atoms with E-state index in [-0.39, 0.29) is 17.7 Å². The molecule has 0 aromatic heterocycles. The fourth-order valence-electron chi connectivity index (χ4n) is 2.33. The highest BCUT2D eigenvalue weighted by Crippen LogP contribution is 2.22. The van der Waals surface area contributed by atoms with E-state index < -0.39 is 0 Å². The van der Waals surface area contributed by atoms with E-state index in [9.17, 15) is 9.59 Å². The van der Waals surface area contributed by atoms with Crippen molar-refractivity contribution in [3.8, 4) is 0 Å². The van der Waals surface area contributed by atoms with E-state index in [1.165, 1.54) is 6.92 Å².